The molecule has 2 N–H and O–H groups in total. The van der Waals surface area contributed by atoms with E-state index >= 15 is 0 Å². The predicted molar refractivity (Wildman–Crippen MR) is 76.0 cm³/mol. The summed E-state index contributed by atoms with van der Waals surface area (Å²) in [5, 5.41) is 5.33. The van der Waals surface area contributed by atoms with Crippen molar-refractivity contribution in [2.45, 2.75) is 39.7 Å². The highest BCUT2D eigenvalue weighted by atomic mass is 19.1. The SMILES string of the molecule is Cc1ccc(F)c(C(=O)NCCC(=O)NC(C)(C)C)c1. The number of carbonyl (C=O) groups is 2. The van der Waals surface area contributed by atoms with Crippen LogP contribution >= 0.6 is 0 Å². The molecule has 4 nitrogen and oxygen atoms in total. The van der Waals surface area contributed by atoms with Crippen molar-refractivity contribution in [3.05, 3.63) is 35.1 Å². The first-order chi connectivity index (χ1) is 9.19. The van der Waals surface area contributed by atoms with E-state index in [1.165, 1.54) is 12.1 Å². The van der Waals surface area contributed by atoms with Crippen molar-refractivity contribution < 1.29 is 14.0 Å². The molecule has 0 aromatic heterocycles. The van der Waals surface area contributed by atoms with Crippen molar-refractivity contribution in [2.75, 3.05) is 6.54 Å². The second-order valence-electron chi connectivity index (χ2n) is 5.79. The zero-order chi connectivity index (χ0) is 15.3. The molecular formula is C15H21FN2O2. The first-order valence-electron chi connectivity index (χ1n) is 6.54. The van der Waals surface area contributed by atoms with Crippen LogP contribution in [0, 0.1) is 12.7 Å². The summed E-state index contributed by atoms with van der Waals surface area (Å²) in [6, 6.07) is 4.35. The van der Waals surface area contributed by atoms with E-state index in [-0.39, 0.29) is 30.0 Å². The number of nitrogens with one attached hydrogen (secondary N) is 2. The van der Waals surface area contributed by atoms with E-state index in [0.29, 0.717) is 0 Å². The normalized spacial score (nSPS) is 11.1. The fraction of sp³-hybridized carbons (Fsp3) is 0.467. The molecule has 1 aromatic carbocycles. The zero-order valence-electron chi connectivity index (χ0n) is 12.3. The monoisotopic (exact) mass is 280 g/mol. The van der Waals surface area contributed by atoms with Gasteiger partial charge in [0.25, 0.3) is 5.91 Å². The third-order valence-electron chi connectivity index (χ3n) is 2.52. The number of amides is 2. The quantitative estimate of drug-likeness (QED) is 0.888. The first-order valence-corrected chi connectivity index (χ1v) is 6.54. The highest BCUT2D eigenvalue weighted by Crippen LogP contribution is 2.09. The summed E-state index contributed by atoms with van der Waals surface area (Å²) in [4.78, 5) is 23.4. The van der Waals surface area contributed by atoms with E-state index in [0.717, 1.165) is 5.56 Å². The fourth-order valence-electron chi connectivity index (χ4n) is 1.68. The van der Waals surface area contributed by atoms with Crippen LogP contribution in [0.5, 0.6) is 0 Å². The van der Waals surface area contributed by atoms with Gasteiger partial charge in [-0.2, -0.15) is 0 Å². The predicted octanol–water partition coefficient (Wildman–Crippen LogP) is 2.17. The Balaban J connectivity index is 2.48. The van der Waals surface area contributed by atoms with Gasteiger partial charge in [0.2, 0.25) is 5.91 Å². The van der Waals surface area contributed by atoms with Crippen LogP contribution in [0.25, 0.3) is 0 Å². The molecule has 20 heavy (non-hydrogen) atoms. The number of carbonyl (C=O) groups excluding carboxylic acids is 2. The Morgan fingerprint density at radius 3 is 2.50 bits per heavy atom. The van der Waals surface area contributed by atoms with Gasteiger partial charge in [0, 0.05) is 18.5 Å². The van der Waals surface area contributed by atoms with E-state index in [2.05, 4.69) is 10.6 Å². The van der Waals surface area contributed by atoms with Gasteiger partial charge in [-0.25, -0.2) is 4.39 Å². The van der Waals surface area contributed by atoms with Crippen molar-refractivity contribution in [3.8, 4) is 0 Å². The van der Waals surface area contributed by atoms with Crippen LogP contribution in [0.3, 0.4) is 0 Å². The van der Waals surface area contributed by atoms with Crippen molar-refractivity contribution in [3.63, 3.8) is 0 Å². The summed E-state index contributed by atoms with van der Waals surface area (Å²) in [7, 11) is 0. The number of rotatable bonds is 4. The molecule has 0 unspecified atom stereocenters. The van der Waals surface area contributed by atoms with Gasteiger partial charge in [-0.15, -0.1) is 0 Å². The maximum Gasteiger partial charge on any atom is 0.254 e. The summed E-state index contributed by atoms with van der Waals surface area (Å²) in [6.45, 7) is 7.60. The fourth-order valence-corrected chi connectivity index (χ4v) is 1.68. The Bertz CT molecular complexity index is 507. The Hall–Kier alpha value is -1.91. The van der Waals surface area contributed by atoms with Crippen LogP contribution in [0.1, 0.15) is 43.1 Å². The number of hydrogen-bond donors (Lipinski definition) is 2. The van der Waals surface area contributed by atoms with E-state index < -0.39 is 11.7 Å². The lowest BCUT2D eigenvalue weighted by molar-refractivity contribution is -0.122. The molecule has 0 aliphatic heterocycles. The van der Waals surface area contributed by atoms with Crippen LogP contribution in [-0.4, -0.2) is 23.9 Å². The molecule has 0 radical (unpaired) electrons. The van der Waals surface area contributed by atoms with Gasteiger partial charge in [-0.05, 0) is 39.8 Å². The van der Waals surface area contributed by atoms with Crippen molar-refractivity contribution in [1.82, 2.24) is 10.6 Å². The summed E-state index contributed by atoms with van der Waals surface area (Å²) < 4.78 is 13.5. The minimum atomic E-state index is -0.563. The first kappa shape index (κ1) is 16.1. The van der Waals surface area contributed by atoms with Gasteiger partial charge in [0.05, 0.1) is 5.56 Å². The zero-order valence-corrected chi connectivity index (χ0v) is 12.3. The average molecular weight is 280 g/mol. The average Bonchev–Trinajstić information content (AvgIpc) is 2.29. The topological polar surface area (TPSA) is 58.2 Å². The van der Waals surface area contributed by atoms with Crippen LogP contribution in [0.4, 0.5) is 4.39 Å². The van der Waals surface area contributed by atoms with E-state index in [1.54, 1.807) is 13.0 Å². The van der Waals surface area contributed by atoms with Crippen LogP contribution in [0.2, 0.25) is 0 Å². The molecular weight excluding hydrogens is 259 g/mol. The summed E-state index contributed by atoms with van der Waals surface area (Å²) in [5.74, 6) is -1.22. The standard InChI is InChI=1S/C15H21FN2O2/c1-10-5-6-12(16)11(9-10)14(20)17-8-7-13(19)18-15(2,3)4/h5-6,9H,7-8H2,1-4H3,(H,17,20)(H,18,19). The Labute approximate surface area is 118 Å². The van der Waals surface area contributed by atoms with Gasteiger partial charge in [0.1, 0.15) is 5.82 Å². The van der Waals surface area contributed by atoms with Crippen molar-refractivity contribution in [2.24, 2.45) is 0 Å². The largest absolute Gasteiger partial charge is 0.351 e. The molecule has 1 rings (SSSR count). The molecule has 0 fully saturated rings. The van der Waals surface area contributed by atoms with E-state index in [9.17, 15) is 14.0 Å². The molecule has 0 aliphatic carbocycles. The maximum absolute atomic E-state index is 13.5. The molecule has 110 valence electrons. The molecule has 2 amide bonds. The van der Waals surface area contributed by atoms with Crippen LogP contribution in [-0.2, 0) is 4.79 Å². The molecule has 0 heterocycles. The van der Waals surface area contributed by atoms with Crippen LogP contribution < -0.4 is 10.6 Å². The lowest BCUT2D eigenvalue weighted by atomic mass is 10.1. The number of aryl methyl sites for hydroxylation is 1. The van der Waals surface area contributed by atoms with Gasteiger partial charge in [0.15, 0.2) is 0 Å². The molecule has 5 heteroatoms. The Morgan fingerprint density at radius 1 is 1.25 bits per heavy atom. The summed E-state index contributed by atoms with van der Waals surface area (Å²) in [6.07, 6.45) is 0.163. The Morgan fingerprint density at radius 2 is 1.90 bits per heavy atom. The highest BCUT2D eigenvalue weighted by Gasteiger charge is 2.15. The third kappa shape index (κ3) is 5.38. The number of hydrogen-bond acceptors (Lipinski definition) is 2. The molecule has 0 bridgehead atoms. The Kier molecular flexibility index (Phi) is 5.25. The van der Waals surface area contributed by atoms with Gasteiger partial charge < -0.3 is 10.6 Å². The molecule has 0 aliphatic rings. The van der Waals surface area contributed by atoms with Gasteiger partial charge in [-0.1, -0.05) is 11.6 Å². The van der Waals surface area contributed by atoms with Crippen molar-refractivity contribution in [1.29, 1.82) is 0 Å². The molecule has 0 atom stereocenters. The van der Waals surface area contributed by atoms with E-state index in [4.69, 9.17) is 0 Å². The van der Waals surface area contributed by atoms with Crippen molar-refractivity contribution >= 4 is 11.8 Å². The molecule has 1 aromatic rings. The van der Waals surface area contributed by atoms with Gasteiger partial charge in [-0.3, -0.25) is 9.59 Å². The van der Waals surface area contributed by atoms with Gasteiger partial charge >= 0.3 is 0 Å². The van der Waals surface area contributed by atoms with Crippen LogP contribution in [0.15, 0.2) is 18.2 Å². The molecule has 0 spiro atoms. The lowest BCUT2D eigenvalue weighted by Crippen LogP contribution is -2.42. The minimum Gasteiger partial charge on any atom is -0.351 e. The second kappa shape index (κ2) is 6.50. The highest BCUT2D eigenvalue weighted by molar-refractivity contribution is 5.94. The number of benzene rings is 1. The summed E-state index contributed by atoms with van der Waals surface area (Å²) >= 11 is 0. The second-order valence-corrected chi connectivity index (χ2v) is 5.79. The summed E-state index contributed by atoms with van der Waals surface area (Å²) in [5.41, 5.74) is 0.507. The lowest BCUT2D eigenvalue weighted by Gasteiger charge is -2.20. The number of halogens is 1. The van der Waals surface area contributed by atoms with E-state index in [1.807, 2.05) is 20.8 Å². The third-order valence-corrected chi connectivity index (χ3v) is 2.52. The molecule has 0 saturated carbocycles. The minimum absolute atomic E-state index is 0.00114. The smallest absolute Gasteiger partial charge is 0.254 e. The molecule has 0 saturated heterocycles. The maximum atomic E-state index is 13.5.